The highest BCUT2D eigenvalue weighted by atomic mass is 19.4. The van der Waals surface area contributed by atoms with Crippen LogP contribution in [0, 0.1) is 0 Å². The maximum absolute atomic E-state index is 12.6. The second-order valence-electron chi connectivity index (χ2n) is 7.69. The van der Waals surface area contributed by atoms with Crippen LogP contribution < -0.4 is 10.1 Å². The molecular formula is C25H25F3N2O2. The van der Waals surface area contributed by atoms with Crippen LogP contribution in [0.2, 0.25) is 0 Å². The van der Waals surface area contributed by atoms with E-state index in [4.69, 9.17) is 4.74 Å². The molecule has 0 aliphatic carbocycles. The van der Waals surface area contributed by atoms with Crippen molar-refractivity contribution in [1.29, 1.82) is 0 Å². The molecule has 1 amide bonds. The van der Waals surface area contributed by atoms with Gasteiger partial charge in [0, 0.05) is 18.7 Å². The number of ether oxygens (including phenoxy) is 1. The topological polar surface area (TPSA) is 41.6 Å². The summed E-state index contributed by atoms with van der Waals surface area (Å²) in [5, 5.41) is 2.67. The number of carbonyl (C=O) groups excluding carboxylic acids is 1. The van der Waals surface area contributed by atoms with Crippen molar-refractivity contribution in [1.82, 2.24) is 10.2 Å². The maximum atomic E-state index is 12.6. The predicted octanol–water partition coefficient (Wildman–Crippen LogP) is 5.13. The van der Waals surface area contributed by atoms with Crippen LogP contribution in [-0.4, -0.2) is 31.5 Å². The molecule has 0 saturated heterocycles. The van der Waals surface area contributed by atoms with Gasteiger partial charge in [0.1, 0.15) is 5.75 Å². The summed E-state index contributed by atoms with van der Waals surface area (Å²) in [6.07, 6.45) is -4.38. The number of rotatable bonds is 8. The number of hydrogen-bond donors (Lipinski definition) is 1. The van der Waals surface area contributed by atoms with Gasteiger partial charge in [-0.15, -0.1) is 0 Å². The van der Waals surface area contributed by atoms with Crippen LogP contribution in [0.4, 0.5) is 13.2 Å². The van der Waals surface area contributed by atoms with Crippen molar-refractivity contribution in [2.45, 2.75) is 19.3 Å². The van der Waals surface area contributed by atoms with Crippen LogP contribution in [0.3, 0.4) is 0 Å². The smallest absolute Gasteiger partial charge is 0.416 e. The molecule has 0 fully saturated rings. The first-order valence-electron chi connectivity index (χ1n) is 10.1. The summed E-state index contributed by atoms with van der Waals surface area (Å²) >= 11 is 0. The van der Waals surface area contributed by atoms with Crippen LogP contribution in [0.25, 0.3) is 11.1 Å². The van der Waals surface area contributed by atoms with Crippen molar-refractivity contribution in [2.75, 3.05) is 20.7 Å². The van der Waals surface area contributed by atoms with Gasteiger partial charge in [0.05, 0.1) is 5.56 Å². The third-order valence-electron chi connectivity index (χ3n) is 4.78. The normalized spacial score (nSPS) is 11.4. The van der Waals surface area contributed by atoms with E-state index in [0.29, 0.717) is 17.9 Å². The van der Waals surface area contributed by atoms with Crippen LogP contribution in [-0.2, 0) is 24.1 Å². The van der Waals surface area contributed by atoms with Gasteiger partial charge < -0.3 is 15.0 Å². The van der Waals surface area contributed by atoms with E-state index >= 15 is 0 Å². The Morgan fingerprint density at radius 2 is 1.62 bits per heavy atom. The third kappa shape index (κ3) is 6.59. The van der Waals surface area contributed by atoms with Gasteiger partial charge in [-0.05, 0) is 55.1 Å². The summed E-state index contributed by atoms with van der Waals surface area (Å²) in [6, 6.07) is 20.5. The molecule has 0 spiro atoms. The van der Waals surface area contributed by atoms with E-state index in [0.717, 1.165) is 28.8 Å². The second-order valence-corrected chi connectivity index (χ2v) is 7.69. The fourth-order valence-corrected chi connectivity index (χ4v) is 3.20. The average Bonchev–Trinajstić information content (AvgIpc) is 2.76. The van der Waals surface area contributed by atoms with Crippen molar-refractivity contribution in [2.24, 2.45) is 0 Å². The quantitative estimate of drug-likeness (QED) is 0.526. The minimum absolute atomic E-state index is 0.123. The van der Waals surface area contributed by atoms with Gasteiger partial charge in [0.25, 0.3) is 5.91 Å². The molecule has 0 saturated carbocycles. The van der Waals surface area contributed by atoms with Crippen molar-refractivity contribution >= 4 is 5.91 Å². The Kier molecular flexibility index (Phi) is 7.53. The molecular weight excluding hydrogens is 417 g/mol. The summed E-state index contributed by atoms with van der Waals surface area (Å²) in [4.78, 5) is 14.2. The number of nitrogens with one attached hydrogen (secondary N) is 1. The lowest BCUT2D eigenvalue weighted by molar-refractivity contribution is -0.137. The Labute approximate surface area is 185 Å². The molecule has 0 aliphatic rings. The molecule has 7 heteroatoms. The summed E-state index contributed by atoms with van der Waals surface area (Å²) in [5.74, 6) is 0.260. The number of carbonyl (C=O) groups is 1. The summed E-state index contributed by atoms with van der Waals surface area (Å²) in [5.41, 5.74) is 2.96. The van der Waals surface area contributed by atoms with Gasteiger partial charge in [0.2, 0.25) is 0 Å². The summed E-state index contributed by atoms with van der Waals surface area (Å²) in [7, 11) is 3.91. The molecule has 3 aromatic rings. The minimum Gasteiger partial charge on any atom is -0.483 e. The first-order chi connectivity index (χ1) is 15.2. The second kappa shape index (κ2) is 10.3. The van der Waals surface area contributed by atoms with Crippen LogP contribution in [0.1, 0.15) is 16.7 Å². The molecule has 0 atom stereocenters. The highest BCUT2D eigenvalue weighted by molar-refractivity contribution is 5.77. The van der Waals surface area contributed by atoms with E-state index < -0.39 is 11.7 Å². The summed E-state index contributed by atoms with van der Waals surface area (Å²) in [6.45, 7) is 0.576. The molecule has 0 aromatic heterocycles. The van der Waals surface area contributed by atoms with E-state index in [1.54, 1.807) is 0 Å². The van der Waals surface area contributed by atoms with Crippen molar-refractivity contribution in [3.63, 3.8) is 0 Å². The average molecular weight is 442 g/mol. The molecule has 168 valence electrons. The van der Waals surface area contributed by atoms with E-state index in [-0.39, 0.29) is 19.1 Å². The van der Waals surface area contributed by atoms with Crippen LogP contribution >= 0.6 is 0 Å². The van der Waals surface area contributed by atoms with E-state index in [2.05, 4.69) is 5.32 Å². The molecule has 0 heterocycles. The highest BCUT2D eigenvalue weighted by Crippen LogP contribution is 2.29. The molecule has 0 radical (unpaired) electrons. The summed E-state index contributed by atoms with van der Waals surface area (Å²) < 4.78 is 43.7. The highest BCUT2D eigenvalue weighted by Gasteiger charge is 2.29. The largest absolute Gasteiger partial charge is 0.483 e. The monoisotopic (exact) mass is 442 g/mol. The lowest BCUT2D eigenvalue weighted by Gasteiger charge is -2.16. The van der Waals surface area contributed by atoms with Crippen molar-refractivity contribution in [3.8, 4) is 16.9 Å². The van der Waals surface area contributed by atoms with Gasteiger partial charge in [0.15, 0.2) is 6.61 Å². The Morgan fingerprint density at radius 3 is 2.25 bits per heavy atom. The van der Waals surface area contributed by atoms with E-state index in [1.807, 2.05) is 67.5 Å². The zero-order valence-electron chi connectivity index (χ0n) is 17.9. The first kappa shape index (κ1) is 23.3. The van der Waals surface area contributed by atoms with Gasteiger partial charge in [-0.3, -0.25) is 4.79 Å². The molecule has 32 heavy (non-hydrogen) atoms. The lowest BCUT2D eigenvalue weighted by Crippen LogP contribution is -2.28. The SMILES string of the molecule is CN(C)Cc1cc(-c2ccccc2)ccc1OCC(=O)NCc1ccc(C(F)(F)F)cc1. The van der Waals surface area contributed by atoms with E-state index in [9.17, 15) is 18.0 Å². The molecule has 0 bridgehead atoms. The van der Waals surface area contributed by atoms with Crippen molar-refractivity contribution < 1.29 is 22.7 Å². The molecule has 0 unspecified atom stereocenters. The lowest BCUT2D eigenvalue weighted by atomic mass is 10.0. The van der Waals surface area contributed by atoms with Gasteiger partial charge in [-0.1, -0.05) is 48.5 Å². The Hall–Kier alpha value is -3.32. The Morgan fingerprint density at radius 1 is 0.938 bits per heavy atom. The molecule has 4 nitrogen and oxygen atoms in total. The third-order valence-corrected chi connectivity index (χ3v) is 4.78. The zero-order valence-corrected chi connectivity index (χ0v) is 17.9. The molecule has 0 aliphatic heterocycles. The first-order valence-corrected chi connectivity index (χ1v) is 10.1. The van der Waals surface area contributed by atoms with Gasteiger partial charge >= 0.3 is 6.18 Å². The fourth-order valence-electron chi connectivity index (χ4n) is 3.20. The van der Waals surface area contributed by atoms with Crippen LogP contribution in [0.5, 0.6) is 5.75 Å². The standard InChI is InChI=1S/C25H25F3N2O2/c1-30(2)16-21-14-20(19-6-4-3-5-7-19)10-13-23(21)32-17-24(31)29-15-18-8-11-22(12-9-18)25(26,27)28/h3-14H,15-17H2,1-2H3,(H,29,31). The maximum Gasteiger partial charge on any atom is 0.416 e. The zero-order chi connectivity index (χ0) is 23.1. The Bertz CT molecular complexity index is 1030. The number of nitrogens with zero attached hydrogens (tertiary/aromatic N) is 1. The number of hydrogen-bond acceptors (Lipinski definition) is 3. The molecule has 3 aromatic carbocycles. The number of halogens is 3. The number of benzene rings is 3. The predicted molar refractivity (Wildman–Crippen MR) is 118 cm³/mol. The Balaban J connectivity index is 1.60. The fraction of sp³-hybridized carbons (Fsp3) is 0.240. The van der Waals surface area contributed by atoms with E-state index in [1.165, 1.54) is 12.1 Å². The van der Waals surface area contributed by atoms with Crippen LogP contribution in [0.15, 0.2) is 72.8 Å². The molecule has 1 N–H and O–H groups in total. The van der Waals surface area contributed by atoms with Gasteiger partial charge in [-0.25, -0.2) is 0 Å². The van der Waals surface area contributed by atoms with Gasteiger partial charge in [-0.2, -0.15) is 13.2 Å². The number of amides is 1. The number of alkyl halides is 3. The van der Waals surface area contributed by atoms with Crippen molar-refractivity contribution in [3.05, 3.63) is 89.5 Å². The molecule has 3 rings (SSSR count). The minimum atomic E-state index is -4.38.